The van der Waals surface area contributed by atoms with Crippen LogP contribution >= 0.6 is 23.5 Å². The number of allylic oxidation sites excluding steroid dienone is 2. The van der Waals surface area contributed by atoms with Gasteiger partial charge in [-0.25, -0.2) is 0 Å². The highest BCUT2D eigenvalue weighted by atomic mass is 35.5. The van der Waals surface area contributed by atoms with Crippen molar-refractivity contribution in [1.29, 1.82) is 0 Å². The van der Waals surface area contributed by atoms with Crippen molar-refractivity contribution in [2.75, 3.05) is 123 Å². The van der Waals surface area contributed by atoms with Crippen LogP contribution in [-0.4, -0.2) is 142 Å². The van der Waals surface area contributed by atoms with Crippen LogP contribution < -0.4 is 72.2 Å². The van der Waals surface area contributed by atoms with Gasteiger partial charge in [0.15, 0.2) is 56.2 Å². The largest absolute Gasteiger partial charge is 1.00 e. The Kier molecular flexibility index (Phi) is 25.4. The number of carbonyl (C=O) groups is 2. The molecule has 0 aliphatic carbocycles. The Balaban J connectivity index is 0.00000624. The minimum absolute atomic E-state index is 0. The fourth-order valence-electron chi connectivity index (χ4n) is 10.8. The Hall–Kier alpha value is -4.84. The predicted molar refractivity (Wildman–Crippen MR) is 295 cm³/mol. The molecule has 0 amide bonds. The number of nitrogens with zero attached hydrogens (tertiary/aromatic N) is 2. The summed E-state index contributed by atoms with van der Waals surface area (Å²) in [5.74, 6) is 8.02. The summed E-state index contributed by atoms with van der Waals surface area (Å²) in [5, 5.41) is 0.383. The van der Waals surface area contributed by atoms with E-state index in [1.807, 2.05) is 36.4 Å². The van der Waals surface area contributed by atoms with Crippen molar-refractivity contribution in [2.24, 2.45) is 0 Å². The van der Waals surface area contributed by atoms with E-state index in [1.165, 1.54) is 45.8 Å². The quantitative estimate of drug-likeness (QED) is 0.0452. The maximum atomic E-state index is 13.1. The van der Waals surface area contributed by atoms with Gasteiger partial charge in [-0.05, 0) is 83.6 Å². The summed E-state index contributed by atoms with van der Waals surface area (Å²) < 4.78 is 58.7. The first-order valence-corrected chi connectivity index (χ1v) is 27.4. The van der Waals surface area contributed by atoms with Crippen molar-refractivity contribution >= 4 is 33.8 Å². The standard InChI is InChI=1S/C58H80N2O12S2.2ClH/c1-59(25-21-41-35-47(63-3)49(65-5)37-43(41)45(59)29-39-31-51(67-7)57(71-11)52(32-39)68-8)23-17-27-73-55(61)19-15-13-14-16-20-56(62)74-28-18-24-60(2)26-22-42-36-48(64-4)50(66-6)38-44(42)46(60)30-40-33-53(69-9)58(72-12)54(34-40)70-10;;/h13-14,31-38,45-46H,15-30H2,1-12H3;2*1H/q+2;;/p-2/b14-13+;;/t45-,46-,59-,60-;;/m1../s1. The zero-order valence-corrected chi connectivity index (χ0v) is 49.8. The number of likely N-dealkylation sites (N-methyl/N-ethyl adjacent to an activating group) is 2. The zero-order chi connectivity index (χ0) is 53.4. The normalized spacial score (nSPS) is 18.5. The lowest BCUT2D eigenvalue weighted by atomic mass is 9.86. The summed E-state index contributed by atoms with van der Waals surface area (Å²) in [7, 11) is 21.1. The second kappa shape index (κ2) is 30.3. The highest BCUT2D eigenvalue weighted by Gasteiger charge is 2.42. The number of hydrogen-bond acceptors (Lipinski definition) is 14. The van der Waals surface area contributed by atoms with Crippen LogP contribution in [0.3, 0.4) is 0 Å². The smallest absolute Gasteiger partial charge is 0.203 e. The Morgan fingerprint density at radius 1 is 0.474 bits per heavy atom. The van der Waals surface area contributed by atoms with Gasteiger partial charge >= 0.3 is 0 Å². The van der Waals surface area contributed by atoms with E-state index >= 15 is 0 Å². The van der Waals surface area contributed by atoms with Gasteiger partial charge in [0.2, 0.25) is 11.5 Å². The summed E-state index contributed by atoms with van der Waals surface area (Å²) >= 11 is 2.85. The SMILES string of the molecule is COc1cc2c(cc1OC)[C@@H](Cc1cc(OC)c(OC)c(OC)c1)[N@+](C)(CCCSC(=O)CC/C=C/CCC(=O)SCCC[N@+]1(C)CCc3cc(OC)c(OC)cc3[C@H]1Cc1cc(OC)c(OC)c(OC)c1)CC2.[Cl-].[Cl-]. The summed E-state index contributed by atoms with van der Waals surface area (Å²) in [5.41, 5.74) is 7.14. The number of benzene rings is 4. The van der Waals surface area contributed by atoms with Crippen molar-refractivity contribution in [3.05, 3.63) is 94.1 Å². The molecule has 2 aliphatic heterocycles. The first-order chi connectivity index (χ1) is 35.7. The highest BCUT2D eigenvalue weighted by molar-refractivity contribution is 8.13. The third-order valence-electron chi connectivity index (χ3n) is 15.0. The molecule has 6 rings (SSSR count). The van der Waals surface area contributed by atoms with Crippen molar-refractivity contribution in [3.63, 3.8) is 0 Å². The number of carbonyl (C=O) groups excluding carboxylic acids is 2. The molecule has 0 saturated heterocycles. The first-order valence-electron chi connectivity index (χ1n) is 25.5. The van der Waals surface area contributed by atoms with Gasteiger partial charge in [0.1, 0.15) is 12.1 Å². The average Bonchev–Trinajstić information content (AvgIpc) is 3.42. The molecule has 0 spiro atoms. The second-order valence-corrected chi connectivity index (χ2v) is 21.7. The fourth-order valence-corrected chi connectivity index (χ4v) is 12.3. The molecule has 18 heteroatoms. The van der Waals surface area contributed by atoms with E-state index in [0.29, 0.717) is 71.7 Å². The third kappa shape index (κ3) is 15.5. The molecule has 420 valence electrons. The van der Waals surface area contributed by atoms with E-state index in [4.69, 9.17) is 47.4 Å². The number of hydrogen-bond donors (Lipinski definition) is 0. The lowest BCUT2D eigenvalue weighted by Gasteiger charge is -2.46. The van der Waals surface area contributed by atoms with Crippen LogP contribution in [-0.2, 0) is 35.3 Å². The second-order valence-electron chi connectivity index (χ2n) is 19.4. The van der Waals surface area contributed by atoms with Gasteiger partial charge < -0.3 is 81.1 Å². The van der Waals surface area contributed by atoms with Crippen LogP contribution in [0.5, 0.6) is 57.5 Å². The molecule has 0 unspecified atom stereocenters. The van der Waals surface area contributed by atoms with E-state index in [-0.39, 0.29) is 47.1 Å². The lowest BCUT2D eigenvalue weighted by Crippen LogP contribution is -3.00. The van der Waals surface area contributed by atoms with Gasteiger partial charge in [-0.1, -0.05) is 35.7 Å². The molecule has 0 aromatic heterocycles. The molecule has 2 heterocycles. The number of halogens is 2. The number of rotatable bonds is 28. The van der Waals surface area contributed by atoms with Crippen LogP contribution in [0.25, 0.3) is 0 Å². The van der Waals surface area contributed by atoms with Gasteiger partial charge in [0.25, 0.3) is 0 Å². The van der Waals surface area contributed by atoms with Crippen molar-refractivity contribution in [2.45, 2.75) is 76.3 Å². The first kappa shape index (κ1) is 63.7. The molecule has 4 atom stereocenters. The van der Waals surface area contributed by atoms with Crippen LogP contribution in [0.4, 0.5) is 0 Å². The molecular weight excluding hydrogens is 1050 g/mol. The molecule has 2 aliphatic rings. The number of methoxy groups -OCH3 is 10. The minimum atomic E-state index is 0. The van der Waals surface area contributed by atoms with Gasteiger partial charge in [-0.3, -0.25) is 9.59 Å². The topological polar surface area (TPSA) is 126 Å². The summed E-state index contributed by atoms with van der Waals surface area (Å²) in [6, 6.07) is 16.9. The average molecular weight is 1130 g/mol. The number of fused-ring (bicyclic) bond motifs is 2. The van der Waals surface area contributed by atoms with Crippen LogP contribution in [0.15, 0.2) is 60.7 Å². The monoisotopic (exact) mass is 1130 g/mol. The molecule has 4 aromatic carbocycles. The minimum Gasteiger partial charge on any atom is -1.00 e. The molecule has 4 aromatic rings. The van der Waals surface area contributed by atoms with Crippen LogP contribution in [0.1, 0.15) is 84.0 Å². The van der Waals surface area contributed by atoms with Crippen molar-refractivity contribution < 1.29 is 90.7 Å². The Labute approximate surface area is 472 Å². The maximum absolute atomic E-state index is 13.1. The molecule has 14 nitrogen and oxygen atoms in total. The Morgan fingerprint density at radius 2 is 0.789 bits per heavy atom. The zero-order valence-electron chi connectivity index (χ0n) is 46.6. The molecule has 0 bridgehead atoms. The van der Waals surface area contributed by atoms with Gasteiger partial charge in [-0.2, -0.15) is 0 Å². The fraction of sp³-hybridized carbons (Fsp3) is 0.517. The van der Waals surface area contributed by atoms with Gasteiger partial charge in [0, 0.05) is 74.0 Å². The maximum Gasteiger partial charge on any atom is 0.203 e. The molecular formula is C58H80Cl2N2O12S2. The highest BCUT2D eigenvalue weighted by Crippen LogP contribution is 2.47. The van der Waals surface area contributed by atoms with E-state index < -0.39 is 0 Å². The van der Waals surface area contributed by atoms with Gasteiger partial charge in [-0.15, -0.1) is 0 Å². The van der Waals surface area contributed by atoms with Crippen molar-refractivity contribution in [3.8, 4) is 57.5 Å². The number of quaternary nitrogens is 2. The van der Waals surface area contributed by atoms with E-state index in [0.717, 1.165) is 108 Å². The lowest BCUT2D eigenvalue weighted by molar-refractivity contribution is -0.941. The molecule has 76 heavy (non-hydrogen) atoms. The van der Waals surface area contributed by atoms with E-state index in [9.17, 15) is 9.59 Å². The Morgan fingerprint density at radius 3 is 1.09 bits per heavy atom. The molecule has 0 fully saturated rings. The van der Waals surface area contributed by atoms with Crippen molar-refractivity contribution in [1.82, 2.24) is 0 Å². The summed E-state index contributed by atoms with van der Waals surface area (Å²) in [6.07, 6.45) is 11.4. The Bertz CT molecular complexity index is 2360. The third-order valence-corrected chi connectivity index (χ3v) is 17.0. The molecule has 0 saturated carbocycles. The predicted octanol–water partition coefficient (Wildman–Crippen LogP) is 4.47. The van der Waals surface area contributed by atoms with Gasteiger partial charge in [0.05, 0.1) is 111 Å². The molecule has 0 radical (unpaired) electrons. The van der Waals surface area contributed by atoms with Crippen LogP contribution in [0.2, 0.25) is 0 Å². The summed E-state index contributed by atoms with van der Waals surface area (Å²) in [6.45, 7) is 3.71. The number of thioether (sulfide) groups is 2. The summed E-state index contributed by atoms with van der Waals surface area (Å²) in [4.78, 5) is 26.1. The molecule has 0 N–H and O–H groups in total. The van der Waals surface area contributed by atoms with E-state index in [1.54, 1.807) is 71.1 Å². The number of ether oxygens (including phenoxy) is 10. The van der Waals surface area contributed by atoms with E-state index in [2.05, 4.69) is 38.4 Å². The van der Waals surface area contributed by atoms with Crippen LogP contribution in [0, 0.1) is 0 Å².